The van der Waals surface area contributed by atoms with Crippen molar-refractivity contribution in [3.05, 3.63) is 65.2 Å². The molecule has 2 aromatic rings. The molecule has 1 N–H and O–H groups in total. The minimum Gasteiger partial charge on any atom is -0.446 e. The highest BCUT2D eigenvalue weighted by atomic mass is 19.2. The smallest absolute Gasteiger partial charge is 0.418 e. The molecule has 0 spiro atoms. The summed E-state index contributed by atoms with van der Waals surface area (Å²) in [6.45, 7) is 3.26. The number of piperazine rings is 1. The summed E-state index contributed by atoms with van der Waals surface area (Å²) in [5, 5.41) is 12.3. The van der Waals surface area contributed by atoms with E-state index in [1.807, 2.05) is 24.3 Å². The van der Waals surface area contributed by atoms with Gasteiger partial charge in [0.25, 0.3) is 0 Å². The molecular weight excluding hydrogens is 468 g/mol. The number of nitrogens with zero attached hydrogens (tertiary/aromatic N) is 4. The molecule has 1 aliphatic carbocycles. The summed E-state index contributed by atoms with van der Waals surface area (Å²) < 4.78 is 32.1. The van der Waals surface area contributed by atoms with Gasteiger partial charge in [0.15, 0.2) is 11.6 Å². The number of carbonyl (C=O) groups is 2. The maximum Gasteiger partial charge on any atom is 0.418 e. The van der Waals surface area contributed by atoms with Gasteiger partial charge in [-0.05, 0) is 49.1 Å². The van der Waals surface area contributed by atoms with Crippen molar-refractivity contribution >= 4 is 17.8 Å². The Morgan fingerprint density at radius 3 is 2.58 bits per heavy atom. The molecule has 2 saturated heterocycles. The molecule has 188 valence electrons. The van der Waals surface area contributed by atoms with Crippen molar-refractivity contribution < 1.29 is 23.1 Å². The molecule has 2 aromatic carbocycles. The van der Waals surface area contributed by atoms with Crippen LogP contribution in [0, 0.1) is 23.0 Å². The summed E-state index contributed by atoms with van der Waals surface area (Å²) in [6, 6.07) is 12.0. The number of nitrogens with one attached hydrogen (secondary N) is 1. The average Bonchev–Trinajstić information content (AvgIpc) is 3.52. The van der Waals surface area contributed by atoms with Crippen molar-refractivity contribution in [1.82, 2.24) is 15.1 Å². The van der Waals surface area contributed by atoms with Crippen molar-refractivity contribution in [2.75, 3.05) is 37.7 Å². The van der Waals surface area contributed by atoms with Crippen LogP contribution in [0.4, 0.5) is 24.1 Å². The Labute approximate surface area is 208 Å². The summed E-state index contributed by atoms with van der Waals surface area (Å²) in [6.07, 6.45) is 1.67. The second-order valence-electron chi connectivity index (χ2n) is 9.40. The number of rotatable bonds is 4. The van der Waals surface area contributed by atoms with Crippen LogP contribution in [0.25, 0.3) is 0 Å². The Balaban J connectivity index is 1.16. The summed E-state index contributed by atoms with van der Waals surface area (Å²) in [7, 11) is 0. The van der Waals surface area contributed by atoms with Crippen LogP contribution in [0.15, 0.2) is 42.5 Å². The van der Waals surface area contributed by atoms with Crippen LogP contribution >= 0.6 is 0 Å². The lowest BCUT2D eigenvalue weighted by molar-refractivity contribution is 0.156. The van der Waals surface area contributed by atoms with Gasteiger partial charge >= 0.3 is 12.1 Å². The molecule has 2 aliphatic heterocycles. The molecule has 8 nitrogen and oxygen atoms in total. The first-order valence-corrected chi connectivity index (χ1v) is 12.1. The molecule has 36 heavy (non-hydrogen) atoms. The first-order chi connectivity index (χ1) is 17.4. The zero-order valence-electron chi connectivity index (χ0n) is 19.7. The summed E-state index contributed by atoms with van der Waals surface area (Å²) in [5.74, 6) is -2.03. The van der Waals surface area contributed by atoms with Crippen molar-refractivity contribution in [2.45, 2.75) is 37.4 Å². The molecule has 3 unspecified atom stereocenters. The average molecular weight is 496 g/mol. The second-order valence-corrected chi connectivity index (χ2v) is 9.40. The Bertz CT molecular complexity index is 1190. The van der Waals surface area contributed by atoms with Gasteiger partial charge in [0.05, 0.1) is 11.3 Å². The number of urea groups is 1. The number of amides is 3. The van der Waals surface area contributed by atoms with Gasteiger partial charge in [0, 0.05) is 38.3 Å². The van der Waals surface area contributed by atoms with E-state index < -0.39 is 29.8 Å². The fraction of sp³-hybridized carbons (Fsp3) is 0.423. The van der Waals surface area contributed by atoms with Gasteiger partial charge in [-0.3, -0.25) is 4.90 Å². The van der Waals surface area contributed by atoms with Crippen molar-refractivity contribution in [2.24, 2.45) is 0 Å². The first-order valence-electron chi connectivity index (χ1n) is 12.1. The van der Waals surface area contributed by atoms with Gasteiger partial charge in [-0.15, -0.1) is 0 Å². The number of ether oxygens (including phenoxy) is 1. The van der Waals surface area contributed by atoms with Crippen LogP contribution < -0.4 is 10.2 Å². The van der Waals surface area contributed by atoms with Crippen LogP contribution in [0.1, 0.15) is 36.4 Å². The lowest BCUT2D eigenvalue weighted by atomic mass is 10.1. The number of hydrogen-bond donors (Lipinski definition) is 1. The number of halogens is 2. The molecule has 5 rings (SSSR count). The normalized spacial score (nSPS) is 24.5. The Morgan fingerprint density at radius 2 is 1.83 bits per heavy atom. The molecule has 10 heteroatoms. The van der Waals surface area contributed by atoms with E-state index in [1.165, 1.54) is 6.07 Å². The molecule has 0 bridgehead atoms. The molecule has 2 heterocycles. The molecule has 3 aliphatic rings. The maximum atomic E-state index is 13.7. The number of nitriles is 1. The van der Waals surface area contributed by atoms with E-state index in [2.05, 4.69) is 21.2 Å². The highest BCUT2D eigenvalue weighted by molar-refractivity contribution is 5.92. The number of carbonyl (C=O) groups excluding carboxylic acids is 2. The van der Waals surface area contributed by atoms with E-state index in [9.17, 15) is 23.6 Å². The van der Waals surface area contributed by atoms with Crippen LogP contribution in [-0.4, -0.2) is 66.8 Å². The highest BCUT2D eigenvalue weighted by Crippen LogP contribution is 2.31. The zero-order chi connectivity index (χ0) is 25.2. The minimum absolute atomic E-state index is 0.0983. The number of anilines is 1. The first kappa shape index (κ1) is 24.0. The third-order valence-corrected chi connectivity index (χ3v) is 7.35. The second kappa shape index (κ2) is 10.1. The van der Waals surface area contributed by atoms with Crippen LogP contribution in [-0.2, 0) is 4.74 Å². The molecular formula is C26H27F2N5O3. The van der Waals surface area contributed by atoms with E-state index in [1.54, 1.807) is 0 Å². The fourth-order valence-corrected chi connectivity index (χ4v) is 5.45. The lowest BCUT2D eigenvalue weighted by Gasteiger charge is -2.39. The van der Waals surface area contributed by atoms with Crippen LogP contribution in [0.5, 0.6) is 0 Å². The monoisotopic (exact) mass is 495 g/mol. The van der Waals surface area contributed by atoms with Gasteiger partial charge in [-0.25, -0.2) is 23.3 Å². The minimum atomic E-state index is -1.04. The SMILES string of the molecule is N#Cc1ccccc1N1CCN(C2CCC(NC(=O)N3C(=O)OCC3c3ccc(F)c(F)c3)C2)CC1. The van der Waals surface area contributed by atoms with E-state index in [0.29, 0.717) is 17.2 Å². The predicted molar refractivity (Wildman–Crippen MR) is 127 cm³/mol. The number of hydrogen-bond acceptors (Lipinski definition) is 6. The van der Waals surface area contributed by atoms with Gasteiger partial charge in [-0.2, -0.15) is 5.26 Å². The Morgan fingerprint density at radius 1 is 1.06 bits per heavy atom. The van der Waals surface area contributed by atoms with Gasteiger partial charge < -0.3 is 15.0 Å². The fourth-order valence-electron chi connectivity index (χ4n) is 5.45. The van der Waals surface area contributed by atoms with E-state index in [4.69, 9.17) is 4.74 Å². The summed E-state index contributed by atoms with van der Waals surface area (Å²) in [5.41, 5.74) is 1.94. The Kier molecular flexibility index (Phi) is 6.74. The van der Waals surface area contributed by atoms with E-state index in [-0.39, 0.29) is 12.6 Å². The van der Waals surface area contributed by atoms with E-state index >= 15 is 0 Å². The number of imide groups is 1. The molecule has 3 atom stereocenters. The van der Waals surface area contributed by atoms with Crippen LogP contribution in [0.3, 0.4) is 0 Å². The molecule has 0 radical (unpaired) electrons. The van der Waals surface area contributed by atoms with Gasteiger partial charge in [0.2, 0.25) is 0 Å². The van der Waals surface area contributed by atoms with Crippen molar-refractivity contribution in [3.8, 4) is 6.07 Å². The van der Waals surface area contributed by atoms with Crippen molar-refractivity contribution in [1.29, 1.82) is 5.26 Å². The molecule has 1 saturated carbocycles. The lowest BCUT2D eigenvalue weighted by Crippen LogP contribution is -2.50. The maximum absolute atomic E-state index is 13.7. The zero-order valence-corrected chi connectivity index (χ0v) is 19.7. The molecule has 3 amide bonds. The quantitative estimate of drug-likeness (QED) is 0.695. The topological polar surface area (TPSA) is 88.9 Å². The van der Waals surface area contributed by atoms with Gasteiger partial charge in [-0.1, -0.05) is 18.2 Å². The largest absolute Gasteiger partial charge is 0.446 e. The highest BCUT2D eigenvalue weighted by Gasteiger charge is 2.41. The number of cyclic esters (lactones) is 1. The Hall–Kier alpha value is -3.71. The van der Waals surface area contributed by atoms with Gasteiger partial charge in [0.1, 0.15) is 18.7 Å². The summed E-state index contributed by atoms with van der Waals surface area (Å²) >= 11 is 0. The predicted octanol–water partition coefficient (Wildman–Crippen LogP) is 3.78. The van der Waals surface area contributed by atoms with Crippen LogP contribution in [0.2, 0.25) is 0 Å². The third kappa shape index (κ3) is 4.71. The van der Waals surface area contributed by atoms with E-state index in [0.717, 1.165) is 68.2 Å². The number of para-hydroxylation sites is 1. The number of benzene rings is 2. The molecule has 0 aromatic heterocycles. The molecule has 3 fully saturated rings. The third-order valence-electron chi connectivity index (χ3n) is 7.35. The summed E-state index contributed by atoms with van der Waals surface area (Å²) in [4.78, 5) is 30.9. The standard InChI is InChI=1S/C26H27F2N5O3/c27-21-8-5-17(13-22(21)28)24-16-36-26(35)33(24)25(34)30-19-6-7-20(14-19)31-9-11-32(12-10-31)23-4-2-1-3-18(23)15-29/h1-5,8,13,19-20,24H,6-7,9-12,14,16H2,(H,30,34). The van der Waals surface area contributed by atoms with Crippen molar-refractivity contribution in [3.63, 3.8) is 0 Å².